The number of aliphatic hydroxyl groups excluding tert-OH is 1. The molecule has 0 fully saturated rings. The van der Waals surface area contributed by atoms with Crippen molar-refractivity contribution < 1.29 is 15.0 Å². The van der Waals surface area contributed by atoms with Crippen molar-refractivity contribution in [3.8, 4) is 0 Å². The van der Waals surface area contributed by atoms with E-state index in [0.717, 1.165) is 36.8 Å². The van der Waals surface area contributed by atoms with Crippen molar-refractivity contribution in [1.82, 2.24) is 5.32 Å². The lowest BCUT2D eigenvalue weighted by Gasteiger charge is -2.23. The fourth-order valence-electron chi connectivity index (χ4n) is 2.83. The summed E-state index contributed by atoms with van der Waals surface area (Å²) in [5.41, 5.74) is 1.01. The van der Waals surface area contributed by atoms with Gasteiger partial charge in [-0.2, -0.15) is 0 Å². The van der Waals surface area contributed by atoms with Crippen LogP contribution in [-0.2, 0) is 4.79 Å². The van der Waals surface area contributed by atoms with Crippen molar-refractivity contribution in [2.75, 3.05) is 6.54 Å². The average molecular weight is 333 g/mol. The van der Waals surface area contributed by atoms with Crippen LogP contribution in [0.3, 0.4) is 0 Å². The normalized spacial score (nSPS) is 13.2. The second-order valence-electron chi connectivity index (χ2n) is 6.39. The summed E-state index contributed by atoms with van der Waals surface area (Å²) >= 11 is 0. The second-order valence-corrected chi connectivity index (χ2v) is 6.39. The molecule has 0 spiro atoms. The number of carbonyl (C=O) groups is 1. The van der Waals surface area contributed by atoms with Gasteiger partial charge in [0.1, 0.15) is 0 Å². The van der Waals surface area contributed by atoms with Gasteiger partial charge in [-0.25, -0.2) is 0 Å². The van der Waals surface area contributed by atoms with Crippen LogP contribution in [0.2, 0.25) is 0 Å². The van der Waals surface area contributed by atoms with Crippen LogP contribution in [0.1, 0.15) is 70.1 Å². The number of benzene rings is 1. The van der Waals surface area contributed by atoms with E-state index in [1.807, 2.05) is 36.4 Å². The van der Waals surface area contributed by atoms with Gasteiger partial charge in [0.25, 0.3) is 0 Å². The van der Waals surface area contributed by atoms with E-state index < -0.39 is 11.7 Å². The quantitative estimate of drug-likeness (QED) is 0.613. The van der Waals surface area contributed by atoms with Gasteiger partial charge in [0.2, 0.25) is 5.91 Å². The first kappa shape index (κ1) is 20.4. The molecule has 0 heterocycles. The monoisotopic (exact) mass is 333 g/mol. The minimum absolute atomic E-state index is 0.0926. The standard InChI is InChI=1S/C20H31NO3/c1-4-11-20(24,12-5-2)13-9-17-7-6-8-18(15-17)19(23)10-14-21-16(3)22/h6-9,13,15,19,23-24H,4-5,10-12,14H2,1-3H3,(H,21,22). The third kappa shape index (κ3) is 7.28. The molecule has 0 aliphatic heterocycles. The van der Waals surface area contributed by atoms with Crippen LogP contribution in [-0.4, -0.2) is 28.3 Å². The van der Waals surface area contributed by atoms with Crippen LogP contribution in [0.4, 0.5) is 0 Å². The number of hydrogen-bond acceptors (Lipinski definition) is 3. The maximum Gasteiger partial charge on any atom is 0.216 e. The van der Waals surface area contributed by atoms with Crippen LogP contribution in [0.15, 0.2) is 30.3 Å². The lowest BCUT2D eigenvalue weighted by molar-refractivity contribution is -0.119. The zero-order valence-corrected chi connectivity index (χ0v) is 15.1. The van der Waals surface area contributed by atoms with Crippen LogP contribution in [0, 0.1) is 0 Å². The van der Waals surface area contributed by atoms with E-state index in [9.17, 15) is 15.0 Å². The lowest BCUT2D eigenvalue weighted by Crippen LogP contribution is -2.24. The molecule has 1 rings (SSSR count). The van der Waals surface area contributed by atoms with Crippen molar-refractivity contribution >= 4 is 12.0 Å². The zero-order valence-electron chi connectivity index (χ0n) is 15.1. The Hall–Kier alpha value is -1.65. The Morgan fingerprint density at radius 2 is 1.96 bits per heavy atom. The molecule has 0 bridgehead atoms. The summed E-state index contributed by atoms with van der Waals surface area (Å²) in [6.07, 6.45) is 7.02. The Balaban J connectivity index is 2.76. The molecule has 0 radical (unpaired) electrons. The van der Waals surface area contributed by atoms with Gasteiger partial charge in [0, 0.05) is 13.5 Å². The van der Waals surface area contributed by atoms with Crippen LogP contribution >= 0.6 is 0 Å². The van der Waals surface area contributed by atoms with Gasteiger partial charge >= 0.3 is 0 Å². The highest BCUT2D eigenvalue weighted by molar-refractivity contribution is 5.72. The minimum Gasteiger partial charge on any atom is -0.388 e. The molecule has 0 aromatic heterocycles. The van der Waals surface area contributed by atoms with Gasteiger partial charge in [0.15, 0.2) is 0 Å². The topological polar surface area (TPSA) is 69.6 Å². The van der Waals surface area contributed by atoms with E-state index >= 15 is 0 Å². The van der Waals surface area contributed by atoms with Crippen molar-refractivity contribution in [2.24, 2.45) is 0 Å². The molecular weight excluding hydrogens is 302 g/mol. The maximum atomic E-state index is 10.9. The average Bonchev–Trinajstić information content (AvgIpc) is 2.53. The van der Waals surface area contributed by atoms with Gasteiger partial charge < -0.3 is 15.5 Å². The summed E-state index contributed by atoms with van der Waals surface area (Å²) in [5.74, 6) is -0.0926. The van der Waals surface area contributed by atoms with Crippen molar-refractivity contribution in [3.05, 3.63) is 41.5 Å². The molecule has 24 heavy (non-hydrogen) atoms. The summed E-state index contributed by atoms with van der Waals surface area (Å²) in [6.45, 7) is 6.05. The molecule has 4 heteroatoms. The number of carbonyl (C=O) groups excluding carboxylic acids is 1. The van der Waals surface area contributed by atoms with Gasteiger partial charge in [-0.15, -0.1) is 0 Å². The first-order valence-electron chi connectivity index (χ1n) is 8.84. The maximum absolute atomic E-state index is 10.9. The third-order valence-corrected chi connectivity index (χ3v) is 4.04. The van der Waals surface area contributed by atoms with E-state index in [1.54, 1.807) is 0 Å². The molecule has 0 saturated heterocycles. The number of rotatable bonds is 10. The van der Waals surface area contributed by atoms with E-state index in [2.05, 4.69) is 19.2 Å². The molecule has 0 saturated carbocycles. The Morgan fingerprint density at radius 1 is 1.29 bits per heavy atom. The highest BCUT2D eigenvalue weighted by Crippen LogP contribution is 2.23. The molecule has 0 aliphatic rings. The predicted molar refractivity (Wildman–Crippen MR) is 98.5 cm³/mol. The lowest BCUT2D eigenvalue weighted by atomic mass is 9.91. The van der Waals surface area contributed by atoms with Gasteiger partial charge in [-0.1, -0.05) is 57.0 Å². The fraction of sp³-hybridized carbons (Fsp3) is 0.550. The van der Waals surface area contributed by atoms with Crippen LogP contribution < -0.4 is 5.32 Å². The van der Waals surface area contributed by atoms with Crippen molar-refractivity contribution in [1.29, 1.82) is 0 Å². The Morgan fingerprint density at radius 3 is 2.54 bits per heavy atom. The molecule has 1 aromatic carbocycles. The van der Waals surface area contributed by atoms with E-state index in [0.29, 0.717) is 13.0 Å². The number of aliphatic hydroxyl groups is 2. The predicted octanol–water partition coefficient (Wildman–Crippen LogP) is 3.59. The molecule has 3 N–H and O–H groups in total. The molecule has 1 amide bonds. The van der Waals surface area contributed by atoms with Gasteiger partial charge in [-0.3, -0.25) is 4.79 Å². The molecule has 4 nitrogen and oxygen atoms in total. The first-order chi connectivity index (χ1) is 11.4. The van der Waals surface area contributed by atoms with Crippen LogP contribution in [0.25, 0.3) is 6.08 Å². The Labute approximate surface area is 145 Å². The highest BCUT2D eigenvalue weighted by Gasteiger charge is 2.20. The summed E-state index contributed by atoms with van der Waals surface area (Å²) in [4.78, 5) is 10.9. The molecular formula is C20H31NO3. The van der Waals surface area contributed by atoms with E-state index in [4.69, 9.17) is 0 Å². The summed E-state index contributed by atoms with van der Waals surface area (Å²) < 4.78 is 0. The summed E-state index contributed by atoms with van der Waals surface area (Å²) in [5, 5.41) is 23.6. The Kier molecular flexibility index (Phi) is 8.72. The molecule has 1 unspecified atom stereocenters. The van der Waals surface area contributed by atoms with E-state index in [1.165, 1.54) is 6.92 Å². The highest BCUT2D eigenvalue weighted by atomic mass is 16.3. The SMILES string of the molecule is CCCC(O)(C=Cc1cccc(C(O)CCNC(C)=O)c1)CCC. The molecule has 134 valence electrons. The smallest absolute Gasteiger partial charge is 0.216 e. The number of hydrogen-bond donors (Lipinski definition) is 3. The molecule has 0 aliphatic carbocycles. The largest absolute Gasteiger partial charge is 0.388 e. The zero-order chi connectivity index (χ0) is 18.0. The van der Waals surface area contributed by atoms with E-state index in [-0.39, 0.29) is 5.91 Å². The second kappa shape index (κ2) is 10.3. The Bertz CT molecular complexity index is 533. The first-order valence-corrected chi connectivity index (χ1v) is 8.84. The molecule has 1 aromatic rings. The van der Waals surface area contributed by atoms with Crippen molar-refractivity contribution in [3.63, 3.8) is 0 Å². The van der Waals surface area contributed by atoms with Gasteiger partial charge in [0.05, 0.1) is 11.7 Å². The number of amides is 1. The number of nitrogens with one attached hydrogen (secondary N) is 1. The van der Waals surface area contributed by atoms with Gasteiger partial charge in [-0.05, 0) is 36.5 Å². The minimum atomic E-state index is -0.760. The van der Waals surface area contributed by atoms with Crippen LogP contribution in [0.5, 0.6) is 0 Å². The summed E-state index contributed by atoms with van der Waals surface area (Å²) in [7, 11) is 0. The van der Waals surface area contributed by atoms with Crippen molar-refractivity contribution in [2.45, 2.75) is 64.6 Å². The summed E-state index contributed by atoms with van der Waals surface area (Å²) in [6, 6.07) is 7.65. The molecule has 1 atom stereocenters. The third-order valence-electron chi connectivity index (χ3n) is 4.04. The fourth-order valence-corrected chi connectivity index (χ4v) is 2.83.